The molecular formula is C17H12F2N2O2. The summed E-state index contributed by atoms with van der Waals surface area (Å²) >= 11 is 0. The van der Waals surface area contributed by atoms with Gasteiger partial charge in [-0.2, -0.15) is 0 Å². The minimum absolute atomic E-state index is 0.0447. The molecule has 1 aromatic heterocycles. The van der Waals surface area contributed by atoms with Crippen LogP contribution in [-0.2, 0) is 11.3 Å². The maximum Gasteiger partial charge on any atom is 0.244 e. The van der Waals surface area contributed by atoms with E-state index in [9.17, 15) is 18.4 Å². The summed E-state index contributed by atoms with van der Waals surface area (Å²) in [4.78, 5) is 23.8. The summed E-state index contributed by atoms with van der Waals surface area (Å²) < 4.78 is 28.9. The quantitative estimate of drug-likeness (QED) is 0.808. The molecule has 0 fully saturated rings. The van der Waals surface area contributed by atoms with Crippen molar-refractivity contribution in [2.45, 2.75) is 6.54 Å². The molecule has 0 bridgehead atoms. The number of carbonyl (C=O) groups excluding carboxylic acids is 1. The first-order chi connectivity index (χ1) is 11.1. The highest BCUT2D eigenvalue weighted by atomic mass is 19.1. The van der Waals surface area contributed by atoms with E-state index in [1.54, 1.807) is 6.07 Å². The molecular weight excluding hydrogens is 302 g/mol. The highest BCUT2D eigenvalue weighted by Gasteiger charge is 2.12. The van der Waals surface area contributed by atoms with E-state index in [1.165, 1.54) is 53.2 Å². The number of nitrogens with zero attached hydrogens (tertiary/aromatic N) is 1. The maximum absolute atomic E-state index is 14.0. The number of hydrogen-bond acceptors (Lipinski definition) is 2. The van der Waals surface area contributed by atoms with Gasteiger partial charge >= 0.3 is 0 Å². The van der Waals surface area contributed by atoms with Crippen molar-refractivity contribution in [1.82, 2.24) is 4.57 Å². The van der Waals surface area contributed by atoms with Crippen molar-refractivity contribution < 1.29 is 13.6 Å². The van der Waals surface area contributed by atoms with Crippen LogP contribution < -0.4 is 10.7 Å². The van der Waals surface area contributed by atoms with Crippen LogP contribution in [0.3, 0.4) is 0 Å². The van der Waals surface area contributed by atoms with E-state index in [-0.39, 0.29) is 28.6 Å². The molecule has 1 amide bonds. The number of anilines is 1. The van der Waals surface area contributed by atoms with Crippen molar-refractivity contribution in [1.29, 1.82) is 0 Å². The van der Waals surface area contributed by atoms with Gasteiger partial charge in [0.2, 0.25) is 5.91 Å². The van der Waals surface area contributed by atoms with Gasteiger partial charge in [0, 0.05) is 17.6 Å². The number of nitrogens with one attached hydrogen (secondary N) is 1. The monoisotopic (exact) mass is 314 g/mol. The molecule has 0 radical (unpaired) electrons. The summed E-state index contributed by atoms with van der Waals surface area (Å²) in [6.07, 6.45) is 1.34. The molecule has 0 atom stereocenters. The summed E-state index contributed by atoms with van der Waals surface area (Å²) in [5.74, 6) is -1.68. The number of benzene rings is 2. The topological polar surface area (TPSA) is 51.1 Å². The molecule has 0 aliphatic rings. The SMILES string of the molecule is O=C(Cn1ccc(=O)c2cccc(F)c21)Nc1ccccc1F. The molecule has 2 aromatic carbocycles. The van der Waals surface area contributed by atoms with Gasteiger partial charge in [-0.25, -0.2) is 8.78 Å². The van der Waals surface area contributed by atoms with E-state index in [0.717, 1.165) is 0 Å². The van der Waals surface area contributed by atoms with E-state index in [2.05, 4.69) is 5.32 Å². The zero-order valence-corrected chi connectivity index (χ0v) is 11.9. The van der Waals surface area contributed by atoms with Gasteiger partial charge in [-0.05, 0) is 24.3 Å². The Labute approximate surface area is 130 Å². The lowest BCUT2D eigenvalue weighted by Gasteiger charge is -2.12. The molecule has 0 aliphatic heterocycles. The summed E-state index contributed by atoms with van der Waals surface area (Å²) in [5.41, 5.74) is -0.239. The van der Waals surface area contributed by atoms with Gasteiger partial charge in [0.15, 0.2) is 5.43 Å². The van der Waals surface area contributed by atoms with E-state index >= 15 is 0 Å². The number of hydrogen-bond donors (Lipinski definition) is 1. The molecule has 4 nitrogen and oxygen atoms in total. The highest BCUT2D eigenvalue weighted by Crippen LogP contribution is 2.16. The molecule has 6 heteroatoms. The van der Waals surface area contributed by atoms with Gasteiger partial charge in [0.05, 0.1) is 11.2 Å². The van der Waals surface area contributed by atoms with Gasteiger partial charge in [-0.3, -0.25) is 9.59 Å². The Bertz CT molecular complexity index is 951. The van der Waals surface area contributed by atoms with Crippen LogP contribution in [0.1, 0.15) is 0 Å². The van der Waals surface area contributed by atoms with Crippen LogP contribution in [0.15, 0.2) is 59.5 Å². The first-order valence-electron chi connectivity index (χ1n) is 6.88. The minimum Gasteiger partial charge on any atom is -0.335 e. The lowest BCUT2D eigenvalue weighted by atomic mass is 10.2. The number of amides is 1. The highest BCUT2D eigenvalue weighted by molar-refractivity contribution is 5.91. The molecule has 23 heavy (non-hydrogen) atoms. The van der Waals surface area contributed by atoms with E-state index < -0.39 is 17.5 Å². The third-order valence-electron chi connectivity index (χ3n) is 3.41. The first-order valence-corrected chi connectivity index (χ1v) is 6.88. The Morgan fingerprint density at radius 1 is 1.00 bits per heavy atom. The maximum atomic E-state index is 14.0. The fraction of sp³-hybridized carbons (Fsp3) is 0.0588. The van der Waals surface area contributed by atoms with Crippen molar-refractivity contribution in [3.8, 4) is 0 Å². The minimum atomic E-state index is -0.598. The first kappa shape index (κ1) is 14.9. The molecule has 1 heterocycles. The third-order valence-corrected chi connectivity index (χ3v) is 3.41. The molecule has 3 aromatic rings. The van der Waals surface area contributed by atoms with Crippen molar-refractivity contribution in [3.63, 3.8) is 0 Å². The average Bonchev–Trinajstić information content (AvgIpc) is 2.53. The molecule has 3 rings (SSSR count). The normalized spacial score (nSPS) is 10.7. The van der Waals surface area contributed by atoms with Crippen molar-refractivity contribution in [3.05, 3.63) is 76.6 Å². The smallest absolute Gasteiger partial charge is 0.244 e. The fourth-order valence-corrected chi connectivity index (χ4v) is 2.37. The third kappa shape index (κ3) is 2.96. The molecule has 1 N–H and O–H groups in total. The second-order valence-corrected chi connectivity index (χ2v) is 4.97. The fourth-order valence-electron chi connectivity index (χ4n) is 2.37. The van der Waals surface area contributed by atoms with Crippen LogP contribution >= 0.6 is 0 Å². The summed E-state index contributed by atoms with van der Waals surface area (Å²) in [5, 5.41) is 2.61. The van der Waals surface area contributed by atoms with Crippen molar-refractivity contribution in [2.75, 3.05) is 5.32 Å². The van der Waals surface area contributed by atoms with Crippen LogP contribution in [-0.4, -0.2) is 10.5 Å². The number of aromatic nitrogens is 1. The van der Waals surface area contributed by atoms with Gasteiger partial charge in [0.25, 0.3) is 0 Å². The second-order valence-electron chi connectivity index (χ2n) is 4.97. The number of para-hydroxylation sites is 2. The zero-order chi connectivity index (χ0) is 16.4. The van der Waals surface area contributed by atoms with Gasteiger partial charge in [-0.1, -0.05) is 18.2 Å². The number of pyridine rings is 1. The lowest BCUT2D eigenvalue weighted by Crippen LogP contribution is -2.21. The summed E-state index contributed by atoms with van der Waals surface area (Å²) in [7, 11) is 0. The van der Waals surface area contributed by atoms with Crippen LogP contribution in [0.25, 0.3) is 10.9 Å². The molecule has 0 spiro atoms. The lowest BCUT2D eigenvalue weighted by molar-refractivity contribution is -0.116. The standard InChI is InChI=1S/C17H12F2N2O2/c18-12-5-1-2-7-14(12)20-16(23)10-21-9-8-15(22)11-4-3-6-13(19)17(11)21/h1-9H,10H2,(H,20,23). The Hall–Kier alpha value is -3.02. The molecule has 0 saturated heterocycles. The predicted octanol–water partition coefficient (Wildman–Crippen LogP) is 2.92. The van der Waals surface area contributed by atoms with Gasteiger partial charge in [0.1, 0.15) is 18.2 Å². The van der Waals surface area contributed by atoms with Crippen LogP contribution in [0.5, 0.6) is 0 Å². The molecule has 0 unspecified atom stereocenters. The van der Waals surface area contributed by atoms with Crippen molar-refractivity contribution >= 4 is 22.5 Å². The molecule has 0 saturated carbocycles. The Morgan fingerprint density at radius 3 is 2.52 bits per heavy atom. The largest absolute Gasteiger partial charge is 0.335 e. The van der Waals surface area contributed by atoms with E-state index in [4.69, 9.17) is 0 Å². The Kier molecular flexibility index (Phi) is 3.89. The molecule has 0 aliphatic carbocycles. The number of rotatable bonds is 3. The Morgan fingerprint density at radius 2 is 1.74 bits per heavy atom. The van der Waals surface area contributed by atoms with Gasteiger partial charge in [-0.15, -0.1) is 0 Å². The second kappa shape index (κ2) is 6.00. The molecule has 116 valence electrons. The average molecular weight is 314 g/mol. The van der Waals surface area contributed by atoms with Crippen LogP contribution in [0.4, 0.5) is 14.5 Å². The van der Waals surface area contributed by atoms with Gasteiger partial charge < -0.3 is 9.88 Å². The number of halogens is 2. The number of carbonyl (C=O) groups is 1. The zero-order valence-electron chi connectivity index (χ0n) is 11.9. The van der Waals surface area contributed by atoms with Crippen molar-refractivity contribution in [2.24, 2.45) is 0 Å². The van der Waals surface area contributed by atoms with Crippen LogP contribution in [0.2, 0.25) is 0 Å². The van der Waals surface area contributed by atoms with Crippen LogP contribution in [0, 0.1) is 11.6 Å². The summed E-state index contributed by atoms with van der Waals surface area (Å²) in [6.45, 7) is -0.244. The summed E-state index contributed by atoms with van der Waals surface area (Å²) in [6, 6.07) is 11.2. The predicted molar refractivity (Wildman–Crippen MR) is 83.2 cm³/mol. The van der Waals surface area contributed by atoms with E-state index in [0.29, 0.717) is 0 Å². The number of fused-ring (bicyclic) bond motifs is 1. The Balaban J connectivity index is 1.93. The van der Waals surface area contributed by atoms with E-state index in [1.807, 2.05) is 0 Å².